The van der Waals surface area contributed by atoms with Crippen molar-refractivity contribution in [2.45, 2.75) is 0 Å². The number of aromatic nitrogens is 6. The Morgan fingerprint density at radius 2 is 0.966 bits per heavy atom. The Morgan fingerprint density at radius 1 is 0.362 bits per heavy atom. The summed E-state index contributed by atoms with van der Waals surface area (Å²) in [6.45, 7) is 0. The van der Waals surface area contributed by atoms with Gasteiger partial charge in [0.25, 0.3) is 0 Å². The standard InChI is InChI=1S/C51H26N6S/c1-3-11-27(12-4-1)49-52-50(34-18-10-20-36-41(34)33-15-7-8-19-35(33)55(36)28-13-5-2-6-14-28)54-51(53-49)56-37-24-26-39-44-42(37)43-38(56)23-21-31-29-16-9-17-30-32-22-25-40(58-39)45(44)48(32)57(46(29)30)47(31)43/h1-26H. The Kier molecular flexibility index (Phi) is 5.22. The van der Waals surface area contributed by atoms with Gasteiger partial charge in [-0.05, 0) is 48.5 Å². The molecule has 6 nitrogen and oxygen atoms in total. The highest BCUT2D eigenvalue weighted by atomic mass is 32.1. The molecule has 0 saturated carbocycles. The molecule has 0 saturated heterocycles. The molecule has 0 aliphatic carbocycles. The van der Waals surface area contributed by atoms with Crippen molar-refractivity contribution < 1.29 is 0 Å². The highest BCUT2D eigenvalue weighted by Gasteiger charge is 2.30. The first kappa shape index (κ1) is 29.6. The number of hydrogen-bond donors (Lipinski definition) is 0. The zero-order chi connectivity index (χ0) is 37.4. The second-order valence-corrected chi connectivity index (χ2v) is 16.6. The molecular weight excluding hydrogens is 729 g/mol. The molecule has 0 atom stereocenters. The molecule has 0 amide bonds. The molecule has 266 valence electrons. The second-order valence-electron chi connectivity index (χ2n) is 15.5. The molecular formula is C51H26N6S. The van der Waals surface area contributed by atoms with E-state index in [9.17, 15) is 0 Å². The largest absolute Gasteiger partial charge is 0.309 e. The molecule has 7 aromatic heterocycles. The SMILES string of the molecule is c1ccc(-c2nc(-c3cccc4c3c3ccccc3n4-c3ccccc3)nc(-n3c4ccc5sc6ccc7c8cccc9c%10ccc3c3c4c5c6c7n(c89)c%103)n2)cc1. The van der Waals surface area contributed by atoms with Crippen molar-refractivity contribution in [3.63, 3.8) is 0 Å². The summed E-state index contributed by atoms with van der Waals surface area (Å²) in [5.41, 5.74) is 11.3. The van der Waals surface area contributed by atoms with Crippen LogP contribution < -0.4 is 0 Å². The summed E-state index contributed by atoms with van der Waals surface area (Å²) in [7, 11) is 0. The second kappa shape index (κ2) is 10.2. The van der Waals surface area contributed by atoms with E-state index in [0.29, 0.717) is 17.6 Å². The zero-order valence-electron chi connectivity index (χ0n) is 30.6. The van der Waals surface area contributed by atoms with Gasteiger partial charge >= 0.3 is 0 Å². The number of thiophene rings is 1. The van der Waals surface area contributed by atoms with Gasteiger partial charge in [-0.15, -0.1) is 11.3 Å². The van der Waals surface area contributed by atoms with Crippen LogP contribution in [0, 0.1) is 0 Å². The summed E-state index contributed by atoms with van der Waals surface area (Å²) in [4.78, 5) is 16.2. The van der Waals surface area contributed by atoms with Gasteiger partial charge in [-0.3, -0.25) is 4.57 Å². The van der Waals surface area contributed by atoms with Gasteiger partial charge in [0.1, 0.15) is 0 Å². The fourth-order valence-electron chi connectivity index (χ4n) is 10.5. The van der Waals surface area contributed by atoms with E-state index in [1.54, 1.807) is 0 Å². The van der Waals surface area contributed by atoms with Crippen LogP contribution >= 0.6 is 11.3 Å². The van der Waals surface area contributed by atoms with Gasteiger partial charge in [0.2, 0.25) is 5.95 Å². The van der Waals surface area contributed by atoms with Crippen LogP contribution in [0.15, 0.2) is 158 Å². The number of nitrogens with zero attached hydrogens (tertiary/aromatic N) is 6. The van der Waals surface area contributed by atoms with Gasteiger partial charge in [0, 0.05) is 80.1 Å². The third kappa shape index (κ3) is 3.41. The summed E-state index contributed by atoms with van der Waals surface area (Å²) in [6.07, 6.45) is 0. The number of para-hydroxylation sites is 3. The van der Waals surface area contributed by atoms with Crippen LogP contribution in [-0.4, -0.2) is 28.5 Å². The minimum absolute atomic E-state index is 0.602. The van der Waals surface area contributed by atoms with Crippen molar-refractivity contribution in [3.8, 4) is 34.4 Å². The van der Waals surface area contributed by atoms with E-state index >= 15 is 0 Å². The highest BCUT2D eigenvalue weighted by Crippen LogP contribution is 2.53. The van der Waals surface area contributed by atoms with Crippen molar-refractivity contribution in [2.24, 2.45) is 0 Å². The van der Waals surface area contributed by atoms with Gasteiger partial charge in [0.15, 0.2) is 11.6 Å². The monoisotopic (exact) mass is 754 g/mol. The van der Waals surface area contributed by atoms with Crippen LogP contribution in [0.3, 0.4) is 0 Å². The van der Waals surface area contributed by atoms with Gasteiger partial charge in [-0.25, -0.2) is 4.98 Å². The van der Waals surface area contributed by atoms with Crippen molar-refractivity contribution in [3.05, 3.63) is 158 Å². The van der Waals surface area contributed by atoms with Crippen molar-refractivity contribution >= 4 is 113 Å². The predicted molar refractivity (Wildman–Crippen MR) is 240 cm³/mol. The van der Waals surface area contributed by atoms with E-state index in [2.05, 4.69) is 165 Å². The molecule has 15 aromatic rings. The first-order valence-electron chi connectivity index (χ1n) is 19.6. The van der Waals surface area contributed by atoms with Crippen molar-refractivity contribution in [2.75, 3.05) is 0 Å². The van der Waals surface area contributed by atoms with E-state index in [1.165, 1.54) is 69.0 Å². The van der Waals surface area contributed by atoms with E-state index in [1.807, 2.05) is 17.4 Å². The van der Waals surface area contributed by atoms with Gasteiger partial charge in [0.05, 0.1) is 38.6 Å². The molecule has 0 aliphatic rings. The summed E-state index contributed by atoms with van der Waals surface area (Å²) >= 11 is 1.89. The number of fused-ring (bicyclic) bond motifs is 5. The molecule has 0 fully saturated rings. The van der Waals surface area contributed by atoms with Crippen molar-refractivity contribution in [1.29, 1.82) is 0 Å². The van der Waals surface area contributed by atoms with E-state index in [4.69, 9.17) is 15.0 Å². The first-order valence-corrected chi connectivity index (χ1v) is 20.4. The molecule has 0 aliphatic heterocycles. The molecule has 0 N–H and O–H groups in total. The fourth-order valence-corrected chi connectivity index (χ4v) is 11.7. The maximum Gasteiger partial charge on any atom is 0.238 e. The van der Waals surface area contributed by atoms with Crippen LogP contribution in [0.5, 0.6) is 0 Å². The minimum Gasteiger partial charge on any atom is -0.309 e. The average molecular weight is 755 g/mol. The van der Waals surface area contributed by atoms with Crippen LogP contribution in [-0.2, 0) is 0 Å². The van der Waals surface area contributed by atoms with Crippen LogP contribution in [0.4, 0.5) is 0 Å². The Balaban J connectivity index is 1.10. The number of rotatable bonds is 4. The number of hydrogen-bond acceptors (Lipinski definition) is 4. The maximum atomic E-state index is 5.51. The summed E-state index contributed by atoms with van der Waals surface area (Å²) < 4.78 is 9.83. The summed E-state index contributed by atoms with van der Waals surface area (Å²) in [5.74, 6) is 1.88. The van der Waals surface area contributed by atoms with Gasteiger partial charge in [-0.2, -0.15) is 9.97 Å². The molecule has 7 heterocycles. The molecule has 0 bridgehead atoms. The average Bonchev–Trinajstić information content (AvgIpc) is 4.06. The van der Waals surface area contributed by atoms with Crippen LogP contribution in [0.2, 0.25) is 0 Å². The lowest BCUT2D eigenvalue weighted by molar-refractivity contribution is 0.954. The smallest absolute Gasteiger partial charge is 0.238 e. The van der Waals surface area contributed by atoms with E-state index < -0.39 is 0 Å². The molecule has 0 spiro atoms. The third-order valence-corrected chi connectivity index (χ3v) is 13.9. The molecule has 15 rings (SSSR count). The summed E-state index contributed by atoms with van der Waals surface area (Å²) in [6, 6.07) is 56.7. The van der Waals surface area contributed by atoms with Gasteiger partial charge < -0.3 is 8.97 Å². The highest BCUT2D eigenvalue weighted by molar-refractivity contribution is 7.26. The lowest BCUT2D eigenvalue weighted by Crippen LogP contribution is -2.06. The summed E-state index contributed by atoms with van der Waals surface area (Å²) in [5, 5.41) is 12.7. The fraction of sp³-hybridized carbons (Fsp3) is 0. The molecule has 7 heteroatoms. The lowest BCUT2D eigenvalue weighted by Gasteiger charge is -2.12. The Morgan fingerprint density at radius 3 is 1.83 bits per heavy atom. The first-order chi connectivity index (χ1) is 28.8. The van der Waals surface area contributed by atoms with E-state index in [-0.39, 0.29) is 0 Å². The molecule has 58 heavy (non-hydrogen) atoms. The Labute approximate surface area is 332 Å². The lowest BCUT2D eigenvalue weighted by atomic mass is 10.0. The minimum atomic E-state index is 0.602. The molecule has 0 unspecified atom stereocenters. The molecule has 0 radical (unpaired) electrons. The normalized spacial score (nSPS) is 12.8. The number of benzene rings is 8. The van der Waals surface area contributed by atoms with Gasteiger partial charge in [-0.1, -0.05) is 109 Å². The third-order valence-electron chi connectivity index (χ3n) is 12.7. The van der Waals surface area contributed by atoms with Crippen molar-refractivity contribution in [1.82, 2.24) is 28.5 Å². The zero-order valence-corrected chi connectivity index (χ0v) is 31.4. The van der Waals surface area contributed by atoms with Crippen LogP contribution in [0.25, 0.3) is 136 Å². The molecule has 8 aromatic carbocycles. The Bertz CT molecular complexity index is 4130. The Hall–Kier alpha value is -7.61. The van der Waals surface area contributed by atoms with Crippen LogP contribution in [0.1, 0.15) is 0 Å². The van der Waals surface area contributed by atoms with E-state index in [0.717, 1.165) is 49.7 Å². The topological polar surface area (TPSA) is 52.9 Å². The maximum absolute atomic E-state index is 5.51. The quantitative estimate of drug-likeness (QED) is 0.180. The predicted octanol–water partition coefficient (Wildman–Crippen LogP) is 13.2.